The summed E-state index contributed by atoms with van der Waals surface area (Å²) in [6.07, 6.45) is 1.54. The van der Waals surface area contributed by atoms with E-state index in [9.17, 15) is 4.79 Å². The van der Waals surface area contributed by atoms with E-state index < -0.39 is 0 Å². The van der Waals surface area contributed by atoms with Crippen LogP contribution in [0.15, 0.2) is 39.7 Å². The van der Waals surface area contributed by atoms with Crippen molar-refractivity contribution in [3.8, 4) is 0 Å². The van der Waals surface area contributed by atoms with Crippen LogP contribution in [-0.4, -0.2) is 10.2 Å². The molecule has 0 unspecified atom stereocenters. The van der Waals surface area contributed by atoms with Gasteiger partial charge in [-0.3, -0.25) is 4.79 Å². The number of hydrogen-bond acceptors (Lipinski definition) is 3. The van der Waals surface area contributed by atoms with Gasteiger partial charge in [0, 0.05) is 11.6 Å². The van der Waals surface area contributed by atoms with Crippen LogP contribution in [0.2, 0.25) is 5.02 Å². The Labute approximate surface area is 111 Å². The van der Waals surface area contributed by atoms with E-state index in [1.165, 1.54) is 0 Å². The largest absolute Gasteiger partial charge is 0.379 e. The number of aromatic nitrogens is 2. The third-order valence-electron chi connectivity index (χ3n) is 2.22. The zero-order valence-electron chi connectivity index (χ0n) is 8.71. The SMILES string of the molecule is O=c1[nH]ncc(NCc2ccccc2Cl)c1Br. The predicted octanol–water partition coefficient (Wildman–Crippen LogP) is 2.80. The lowest BCUT2D eigenvalue weighted by Crippen LogP contribution is -2.12. The summed E-state index contributed by atoms with van der Waals surface area (Å²) in [4.78, 5) is 11.3. The number of aromatic amines is 1. The summed E-state index contributed by atoms with van der Waals surface area (Å²) in [6.45, 7) is 0.531. The second-order valence-electron chi connectivity index (χ2n) is 3.37. The van der Waals surface area contributed by atoms with Gasteiger partial charge in [-0.2, -0.15) is 5.10 Å². The highest BCUT2D eigenvalue weighted by Crippen LogP contribution is 2.19. The highest BCUT2D eigenvalue weighted by Gasteiger charge is 2.04. The van der Waals surface area contributed by atoms with Crippen molar-refractivity contribution >= 4 is 33.2 Å². The molecular formula is C11H9BrClN3O. The molecule has 0 radical (unpaired) electrons. The summed E-state index contributed by atoms with van der Waals surface area (Å²) in [7, 11) is 0. The smallest absolute Gasteiger partial charge is 0.280 e. The topological polar surface area (TPSA) is 57.8 Å². The van der Waals surface area contributed by atoms with Crippen molar-refractivity contribution in [1.29, 1.82) is 0 Å². The van der Waals surface area contributed by atoms with Crippen LogP contribution in [-0.2, 0) is 6.54 Å². The van der Waals surface area contributed by atoms with Crippen LogP contribution in [0.1, 0.15) is 5.56 Å². The maximum absolute atomic E-state index is 11.3. The Balaban J connectivity index is 2.16. The van der Waals surface area contributed by atoms with Crippen molar-refractivity contribution in [3.05, 3.63) is 55.9 Å². The molecule has 0 bridgehead atoms. The summed E-state index contributed by atoms with van der Waals surface area (Å²) in [6, 6.07) is 7.53. The molecule has 0 amide bonds. The Bertz CT molecular complexity index is 585. The molecule has 0 aliphatic rings. The molecule has 0 atom stereocenters. The average molecular weight is 315 g/mol. The molecule has 0 spiro atoms. The second-order valence-corrected chi connectivity index (χ2v) is 4.57. The van der Waals surface area contributed by atoms with Crippen LogP contribution in [0.25, 0.3) is 0 Å². The lowest BCUT2D eigenvalue weighted by molar-refractivity contribution is 0.971. The van der Waals surface area contributed by atoms with Gasteiger partial charge in [-0.1, -0.05) is 29.8 Å². The average Bonchev–Trinajstić information content (AvgIpc) is 2.33. The molecule has 2 N–H and O–H groups in total. The van der Waals surface area contributed by atoms with Crippen LogP contribution in [0.4, 0.5) is 5.69 Å². The number of hydrogen-bond donors (Lipinski definition) is 2. The number of halogens is 2. The van der Waals surface area contributed by atoms with E-state index in [-0.39, 0.29) is 5.56 Å². The van der Waals surface area contributed by atoms with Gasteiger partial charge in [0.1, 0.15) is 4.47 Å². The van der Waals surface area contributed by atoms with E-state index >= 15 is 0 Å². The first-order chi connectivity index (χ1) is 8.18. The van der Waals surface area contributed by atoms with Crippen LogP contribution in [0.3, 0.4) is 0 Å². The number of H-pyrrole nitrogens is 1. The molecule has 6 heteroatoms. The maximum atomic E-state index is 11.3. The minimum atomic E-state index is -0.269. The van der Waals surface area contributed by atoms with Crippen molar-refractivity contribution in [1.82, 2.24) is 10.2 Å². The molecule has 0 aliphatic carbocycles. The third-order valence-corrected chi connectivity index (χ3v) is 3.38. The molecule has 1 aromatic heterocycles. The fourth-order valence-electron chi connectivity index (χ4n) is 1.34. The van der Waals surface area contributed by atoms with Crippen LogP contribution in [0.5, 0.6) is 0 Å². The van der Waals surface area contributed by atoms with Gasteiger partial charge in [-0.05, 0) is 27.6 Å². The maximum Gasteiger partial charge on any atom is 0.280 e. The summed E-state index contributed by atoms with van der Waals surface area (Å²) < 4.78 is 0.430. The summed E-state index contributed by atoms with van der Waals surface area (Å²) in [5.41, 5.74) is 1.32. The Morgan fingerprint density at radius 2 is 2.18 bits per heavy atom. The Morgan fingerprint density at radius 3 is 2.94 bits per heavy atom. The highest BCUT2D eigenvalue weighted by atomic mass is 79.9. The summed E-state index contributed by atoms with van der Waals surface area (Å²) in [5, 5.41) is 9.83. The Hall–Kier alpha value is -1.33. The lowest BCUT2D eigenvalue weighted by atomic mass is 10.2. The van der Waals surface area contributed by atoms with Gasteiger partial charge in [-0.15, -0.1) is 0 Å². The van der Waals surface area contributed by atoms with E-state index in [1.807, 2.05) is 24.3 Å². The zero-order chi connectivity index (χ0) is 12.3. The standard InChI is InChI=1S/C11H9BrClN3O/c12-10-9(6-15-16-11(10)17)14-5-7-3-1-2-4-8(7)13/h1-4,6H,5H2,(H2,14,16,17). The fraction of sp³-hybridized carbons (Fsp3) is 0.0909. The summed E-state index contributed by atoms with van der Waals surface area (Å²) >= 11 is 9.22. The number of nitrogens with one attached hydrogen (secondary N) is 2. The van der Waals surface area contributed by atoms with Crippen LogP contribution < -0.4 is 10.9 Å². The highest BCUT2D eigenvalue weighted by molar-refractivity contribution is 9.10. The molecule has 4 nitrogen and oxygen atoms in total. The number of anilines is 1. The molecule has 0 aliphatic heterocycles. The van der Waals surface area contributed by atoms with Gasteiger partial charge in [0.2, 0.25) is 0 Å². The zero-order valence-corrected chi connectivity index (χ0v) is 11.0. The number of nitrogens with zero attached hydrogens (tertiary/aromatic N) is 1. The van der Waals surface area contributed by atoms with Crippen LogP contribution in [0, 0.1) is 0 Å². The molecule has 0 saturated carbocycles. The molecule has 88 valence electrons. The van der Waals surface area contributed by atoms with E-state index in [0.29, 0.717) is 21.7 Å². The van der Waals surface area contributed by atoms with Crippen LogP contribution >= 0.6 is 27.5 Å². The Kier molecular flexibility index (Phi) is 3.81. The fourth-order valence-corrected chi connectivity index (χ4v) is 1.87. The van der Waals surface area contributed by atoms with Gasteiger partial charge >= 0.3 is 0 Å². The van der Waals surface area contributed by atoms with E-state index in [1.54, 1.807) is 6.20 Å². The normalized spacial score (nSPS) is 10.2. The first-order valence-electron chi connectivity index (χ1n) is 4.89. The number of benzene rings is 1. The van der Waals surface area contributed by atoms with E-state index in [4.69, 9.17) is 11.6 Å². The molecule has 2 aromatic rings. The van der Waals surface area contributed by atoms with Gasteiger partial charge in [0.15, 0.2) is 0 Å². The second kappa shape index (κ2) is 5.33. The minimum Gasteiger partial charge on any atom is -0.379 e. The first-order valence-corrected chi connectivity index (χ1v) is 6.06. The van der Waals surface area contributed by atoms with E-state index in [2.05, 4.69) is 31.4 Å². The monoisotopic (exact) mass is 313 g/mol. The van der Waals surface area contributed by atoms with Gasteiger partial charge in [0.25, 0.3) is 5.56 Å². The quantitative estimate of drug-likeness (QED) is 0.916. The molecule has 0 saturated heterocycles. The lowest BCUT2D eigenvalue weighted by Gasteiger charge is -2.08. The van der Waals surface area contributed by atoms with Gasteiger partial charge in [0.05, 0.1) is 11.9 Å². The molecule has 2 rings (SSSR count). The van der Waals surface area contributed by atoms with E-state index in [0.717, 1.165) is 5.56 Å². The molecule has 17 heavy (non-hydrogen) atoms. The summed E-state index contributed by atoms with van der Waals surface area (Å²) in [5.74, 6) is 0. The molecule has 1 heterocycles. The van der Waals surface area contributed by atoms with Crippen molar-refractivity contribution in [2.75, 3.05) is 5.32 Å². The molecule has 1 aromatic carbocycles. The van der Waals surface area contributed by atoms with Gasteiger partial charge < -0.3 is 5.32 Å². The Morgan fingerprint density at radius 1 is 1.41 bits per heavy atom. The minimum absolute atomic E-state index is 0.269. The van der Waals surface area contributed by atoms with Crippen molar-refractivity contribution < 1.29 is 0 Å². The number of rotatable bonds is 3. The van der Waals surface area contributed by atoms with Crippen molar-refractivity contribution in [2.24, 2.45) is 0 Å². The van der Waals surface area contributed by atoms with Gasteiger partial charge in [-0.25, -0.2) is 5.10 Å². The molecular weight excluding hydrogens is 305 g/mol. The predicted molar refractivity (Wildman–Crippen MR) is 71.3 cm³/mol. The molecule has 0 fully saturated rings. The van der Waals surface area contributed by atoms with Crippen molar-refractivity contribution in [3.63, 3.8) is 0 Å². The van der Waals surface area contributed by atoms with Crippen molar-refractivity contribution in [2.45, 2.75) is 6.54 Å². The third kappa shape index (κ3) is 2.87. The first kappa shape index (κ1) is 12.1.